The van der Waals surface area contributed by atoms with Crippen LogP contribution in [0, 0.1) is 0 Å². The lowest BCUT2D eigenvalue weighted by Crippen LogP contribution is -2.25. The third kappa shape index (κ3) is 10.7. The number of carbonyl (C=O) groups is 2. The maximum atomic E-state index is 11.9. The predicted octanol–water partition coefficient (Wildman–Crippen LogP) is 4.61. The van der Waals surface area contributed by atoms with E-state index >= 15 is 0 Å². The van der Waals surface area contributed by atoms with Crippen molar-refractivity contribution in [3.63, 3.8) is 0 Å². The van der Waals surface area contributed by atoms with Crippen molar-refractivity contribution in [3.05, 3.63) is 0 Å². The van der Waals surface area contributed by atoms with Gasteiger partial charge in [0.15, 0.2) is 0 Å². The largest absolute Gasteiger partial charge is 0.450 e. The molecule has 0 aliphatic rings. The van der Waals surface area contributed by atoms with Gasteiger partial charge in [-0.15, -0.1) is 0 Å². The van der Waals surface area contributed by atoms with Gasteiger partial charge in [0.25, 0.3) is 0 Å². The van der Waals surface area contributed by atoms with Crippen LogP contribution in [0.1, 0.15) is 71.1 Å². The van der Waals surface area contributed by atoms with E-state index in [1.165, 1.54) is 25.7 Å². The molecule has 19 heavy (non-hydrogen) atoms. The lowest BCUT2D eigenvalue weighted by atomic mass is 10.0. The van der Waals surface area contributed by atoms with Crippen molar-refractivity contribution in [1.29, 1.82) is 0 Å². The van der Waals surface area contributed by atoms with Gasteiger partial charge >= 0.3 is 6.18 Å². The second-order valence-electron chi connectivity index (χ2n) is 4.86. The fourth-order valence-electron chi connectivity index (χ4n) is 1.82. The Morgan fingerprint density at radius 1 is 0.842 bits per heavy atom. The summed E-state index contributed by atoms with van der Waals surface area (Å²) in [5, 5.41) is 0. The molecule has 2 nitrogen and oxygen atoms in total. The number of halogens is 3. The predicted molar refractivity (Wildman–Crippen MR) is 67.9 cm³/mol. The molecule has 0 N–H and O–H groups in total. The van der Waals surface area contributed by atoms with E-state index in [0.29, 0.717) is 6.42 Å². The van der Waals surface area contributed by atoms with Gasteiger partial charge in [0, 0.05) is 6.42 Å². The van der Waals surface area contributed by atoms with Gasteiger partial charge in [0.2, 0.25) is 5.78 Å². The Bertz CT molecular complexity index is 272. The molecular formula is C14H23F3O2. The minimum Gasteiger partial charge on any atom is -0.299 e. The van der Waals surface area contributed by atoms with Gasteiger partial charge < -0.3 is 0 Å². The van der Waals surface area contributed by atoms with Crippen LogP contribution in [0.5, 0.6) is 0 Å². The summed E-state index contributed by atoms with van der Waals surface area (Å²) in [6, 6.07) is 0. The highest BCUT2D eigenvalue weighted by Gasteiger charge is 2.38. The molecule has 0 radical (unpaired) electrons. The van der Waals surface area contributed by atoms with Gasteiger partial charge in [-0.05, 0) is 6.42 Å². The average Bonchev–Trinajstić information content (AvgIpc) is 2.31. The Labute approximate surface area is 112 Å². The van der Waals surface area contributed by atoms with Gasteiger partial charge in [0.05, 0.1) is 6.42 Å². The Morgan fingerprint density at radius 2 is 1.32 bits per heavy atom. The first-order valence-electron chi connectivity index (χ1n) is 6.99. The molecule has 0 rings (SSSR count). The Balaban J connectivity index is 3.47. The molecule has 0 unspecified atom stereocenters. The molecule has 0 aromatic rings. The third-order valence-electron chi connectivity index (χ3n) is 2.98. The highest BCUT2D eigenvalue weighted by Crippen LogP contribution is 2.19. The molecule has 0 aromatic heterocycles. The molecule has 0 amide bonds. The summed E-state index contributed by atoms with van der Waals surface area (Å²) in [6.07, 6.45) is 2.56. The number of alkyl halides is 3. The van der Waals surface area contributed by atoms with Crippen molar-refractivity contribution in [3.8, 4) is 0 Å². The fourth-order valence-corrected chi connectivity index (χ4v) is 1.82. The average molecular weight is 280 g/mol. The van der Waals surface area contributed by atoms with Crippen molar-refractivity contribution in [2.75, 3.05) is 0 Å². The van der Waals surface area contributed by atoms with Gasteiger partial charge in [0.1, 0.15) is 5.78 Å². The molecule has 0 aliphatic carbocycles. The minimum absolute atomic E-state index is 0.0801. The smallest absolute Gasteiger partial charge is 0.299 e. The first-order chi connectivity index (χ1) is 8.88. The SMILES string of the molecule is CCCCCCCCCCC(=O)CC(=O)C(F)(F)F. The van der Waals surface area contributed by atoms with E-state index in [0.717, 1.165) is 19.3 Å². The van der Waals surface area contributed by atoms with E-state index in [2.05, 4.69) is 6.92 Å². The van der Waals surface area contributed by atoms with Crippen molar-refractivity contribution in [1.82, 2.24) is 0 Å². The standard InChI is InChI=1S/C14H23F3O2/c1-2-3-4-5-6-7-8-9-10-12(18)11-13(19)14(15,16)17/h2-11H2,1H3. The van der Waals surface area contributed by atoms with Crippen molar-refractivity contribution in [2.45, 2.75) is 77.3 Å². The number of carbonyl (C=O) groups excluding carboxylic acids is 2. The summed E-state index contributed by atoms with van der Waals surface area (Å²) < 4.78 is 35.7. The van der Waals surface area contributed by atoms with Crippen LogP contribution >= 0.6 is 0 Å². The third-order valence-corrected chi connectivity index (χ3v) is 2.98. The number of hydrogen-bond acceptors (Lipinski definition) is 2. The Morgan fingerprint density at radius 3 is 1.79 bits per heavy atom. The van der Waals surface area contributed by atoms with E-state index in [-0.39, 0.29) is 6.42 Å². The summed E-state index contributed by atoms with van der Waals surface area (Å²) in [5.74, 6) is -2.54. The second kappa shape index (κ2) is 9.98. The molecule has 0 saturated heterocycles. The molecule has 0 aromatic carbocycles. The summed E-state index contributed by atoms with van der Waals surface area (Å²) in [4.78, 5) is 21.7. The summed E-state index contributed by atoms with van der Waals surface area (Å²) in [5.41, 5.74) is 0. The monoisotopic (exact) mass is 280 g/mol. The zero-order chi connectivity index (χ0) is 14.7. The summed E-state index contributed by atoms with van der Waals surface area (Å²) >= 11 is 0. The first kappa shape index (κ1) is 18.1. The molecule has 0 heterocycles. The molecular weight excluding hydrogens is 257 g/mol. The molecule has 112 valence electrons. The van der Waals surface area contributed by atoms with Crippen LogP contribution in [0.3, 0.4) is 0 Å². The van der Waals surface area contributed by atoms with Gasteiger partial charge in [-0.1, -0.05) is 51.9 Å². The number of Topliss-reactive ketones (excluding diaryl/α,β-unsaturated/α-hetero) is 2. The maximum Gasteiger partial charge on any atom is 0.450 e. The number of unbranched alkanes of at least 4 members (excludes halogenated alkanes) is 7. The van der Waals surface area contributed by atoms with Crippen LogP contribution in [0.4, 0.5) is 13.2 Å². The highest BCUT2D eigenvalue weighted by atomic mass is 19.4. The molecule has 0 saturated carbocycles. The van der Waals surface area contributed by atoms with Crippen molar-refractivity contribution < 1.29 is 22.8 Å². The van der Waals surface area contributed by atoms with Crippen LogP contribution in [-0.4, -0.2) is 17.7 Å². The van der Waals surface area contributed by atoms with Crippen molar-refractivity contribution in [2.24, 2.45) is 0 Å². The number of hydrogen-bond donors (Lipinski definition) is 0. The van der Waals surface area contributed by atoms with Crippen LogP contribution in [0.25, 0.3) is 0 Å². The fraction of sp³-hybridized carbons (Fsp3) is 0.857. The maximum absolute atomic E-state index is 11.9. The van der Waals surface area contributed by atoms with E-state index in [1.807, 2.05) is 0 Å². The molecule has 0 aliphatic heterocycles. The van der Waals surface area contributed by atoms with E-state index < -0.39 is 24.2 Å². The molecule has 0 atom stereocenters. The van der Waals surface area contributed by atoms with Crippen molar-refractivity contribution >= 4 is 11.6 Å². The van der Waals surface area contributed by atoms with Crippen LogP contribution < -0.4 is 0 Å². The topological polar surface area (TPSA) is 34.1 Å². The van der Waals surface area contributed by atoms with E-state index in [1.54, 1.807) is 0 Å². The van der Waals surface area contributed by atoms with E-state index in [4.69, 9.17) is 0 Å². The Kier molecular flexibility index (Phi) is 9.53. The minimum atomic E-state index is -4.88. The lowest BCUT2D eigenvalue weighted by molar-refractivity contribution is -0.171. The van der Waals surface area contributed by atoms with Crippen LogP contribution in [-0.2, 0) is 9.59 Å². The molecule has 0 bridgehead atoms. The molecule has 0 spiro atoms. The Hall–Kier alpha value is -0.870. The van der Waals surface area contributed by atoms with Gasteiger partial charge in [-0.3, -0.25) is 9.59 Å². The first-order valence-corrected chi connectivity index (χ1v) is 6.99. The number of ketones is 2. The zero-order valence-electron chi connectivity index (χ0n) is 11.5. The zero-order valence-corrected chi connectivity index (χ0v) is 11.5. The van der Waals surface area contributed by atoms with Crippen LogP contribution in [0.2, 0.25) is 0 Å². The summed E-state index contributed by atoms with van der Waals surface area (Å²) in [7, 11) is 0. The second-order valence-corrected chi connectivity index (χ2v) is 4.86. The quantitative estimate of drug-likeness (QED) is 0.409. The highest BCUT2D eigenvalue weighted by molar-refractivity contribution is 6.01. The lowest BCUT2D eigenvalue weighted by Gasteiger charge is -2.04. The summed E-state index contributed by atoms with van der Waals surface area (Å²) in [6.45, 7) is 2.15. The van der Waals surface area contributed by atoms with Gasteiger partial charge in [-0.2, -0.15) is 13.2 Å². The van der Waals surface area contributed by atoms with E-state index in [9.17, 15) is 22.8 Å². The van der Waals surface area contributed by atoms with Gasteiger partial charge in [-0.25, -0.2) is 0 Å². The number of rotatable bonds is 11. The van der Waals surface area contributed by atoms with Crippen LogP contribution in [0.15, 0.2) is 0 Å². The normalized spacial score (nSPS) is 11.6. The molecule has 5 heteroatoms. The molecule has 0 fully saturated rings.